The molecule has 2 aliphatic heterocycles. The molecule has 1 unspecified atom stereocenters. The predicted octanol–water partition coefficient (Wildman–Crippen LogP) is 3.21. The van der Waals surface area contributed by atoms with E-state index in [2.05, 4.69) is 51.6 Å². The third-order valence-corrected chi connectivity index (χ3v) is 6.50. The number of aliphatic imine (C=N–C) groups is 1. The van der Waals surface area contributed by atoms with E-state index >= 15 is 0 Å². The number of anilines is 1. The summed E-state index contributed by atoms with van der Waals surface area (Å²) in [5.41, 5.74) is 2.58. The van der Waals surface area contributed by atoms with Gasteiger partial charge >= 0.3 is 0 Å². The van der Waals surface area contributed by atoms with E-state index in [1.54, 1.807) is 0 Å². The van der Waals surface area contributed by atoms with Crippen molar-refractivity contribution in [3.8, 4) is 0 Å². The molecular formula is C23H38IN5O. The highest BCUT2D eigenvalue weighted by Gasteiger charge is 2.30. The molecule has 0 aromatic heterocycles. The molecule has 0 radical (unpaired) electrons. The van der Waals surface area contributed by atoms with Crippen molar-refractivity contribution in [3.63, 3.8) is 0 Å². The molecule has 2 N–H and O–H groups in total. The second kappa shape index (κ2) is 12.1. The van der Waals surface area contributed by atoms with E-state index in [0.29, 0.717) is 12.6 Å². The number of likely N-dealkylation sites (tertiary alicyclic amines) is 1. The molecule has 168 valence electrons. The van der Waals surface area contributed by atoms with Crippen LogP contribution >= 0.6 is 24.0 Å². The molecule has 1 aromatic carbocycles. The van der Waals surface area contributed by atoms with Gasteiger partial charge in [0.15, 0.2) is 5.96 Å². The lowest BCUT2D eigenvalue weighted by atomic mass is 10.1. The van der Waals surface area contributed by atoms with Crippen LogP contribution in [-0.4, -0.2) is 68.9 Å². The minimum absolute atomic E-state index is 0. The van der Waals surface area contributed by atoms with E-state index < -0.39 is 0 Å². The van der Waals surface area contributed by atoms with Gasteiger partial charge in [-0.2, -0.15) is 0 Å². The maximum Gasteiger partial charge on any atom is 0.191 e. The van der Waals surface area contributed by atoms with E-state index in [9.17, 15) is 0 Å². The summed E-state index contributed by atoms with van der Waals surface area (Å²) in [5.74, 6) is 0.947. The molecule has 4 rings (SSSR count). The number of ether oxygens (including phenoxy) is 1. The van der Waals surface area contributed by atoms with E-state index in [-0.39, 0.29) is 24.0 Å². The standard InChI is InChI=1S/C23H37N5O.HI/c1-2-24-23(26-20-11-12-28(18-20)21-8-4-5-9-21)25-17-19-7-3-6-10-22(19)27-13-15-29-16-14-27;/h3,6-7,10,20-21H,2,4-5,8-9,11-18H2,1H3,(H2,24,25,26);1H. The fourth-order valence-corrected chi connectivity index (χ4v) is 4.94. The highest BCUT2D eigenvalue weighted by molar-refractivity contribution is 14.0. The van der Waals surface area contributed by atoms with Crippen LogP contribution in [0.2, 0.25) is 0 Å². The number of rotatable bonds is 6. The third kappa shape index (κ3) is 6.23. The zero-order valence-corrected chi connectivity index (χ0v) is 20.6. The van der Waals surface area contributed by atoms with Crippen LogP contribution in [0.15, 0.2) is 29.3 Å². The number of nitrogens with one attached hydrogen (secondary N) is 2. The first-order chi connectivity index (χ1) is 14.3. The zero-order valence-electron chi connectivity index (χ0n) is 18.3. The number of hydrogen-bond donors (Lipinski definition) is 2. The van der Waals surface area contributed by atoms with Gasteiger partial charge in [0.2, 0.25) is 0 Å². The molecule has 1 atom stereocenters. The number of halogens is 1. The lowest BCUT2D eigenvalue weighted by Gasteiger charge is -2.30. The van der Waals surface area contributed by atoms with Crippen LogP contribution in [0.3, 0.4) is 0 Å². The number of morpholine rings is 1. The largest absolute Gasteiger partial charge is 0.378 e. The lowest BCUT2D eigenvalue weighted by molar-refractivity contribution is 0.122. The van der Waals surface area contributed by atoms with Crippen LogP contribution in [0.4, 0.5) is 5.69 Å². The molecular weight excluding hydrogens is 489 g/mol. The molecule has 0 amide bonds. The fraction of sp³-hybridized carbons (Fsp3) is 0.696. The summed E-state index contributed by atoms with van der Waals surface area (Å²) in [6.07, 6.45) is 6.81. The van der Waals surface area contributed by atoms with Crippen molar-refractivity contribution in [2.75, 3.05) is 50.8 Å². The molecule has 6 nitrogen and oxygen atoms in total. The Balaban J connectivity index is 0.00000256. The quantitative estimate of drug-likeness (QED) is 0.338. The van der Waals surface area contributed by atoms with Crippen LogP contribution in [0.1, 0.15) is 44.6 Å². The second-order valence-corrected chi connectivity index (χ2v) is 8.49. The number of hydrogen-bond acceptors (Lipinski definition) is 4. The second-order valence-electron chi connectivity index (χ2n) is 8.49. The summed E-state index contributed by atoms with van der Waals surface area (Å²) in [6, 6.07) is 9.98. The van der Waals surface area contributed by atoms with Crippen LogP contribution in [0.5, 0.6) is 0 Å². The van der Waals surface area contributed by atoms with Gasteiger partial charge in [0.25, 0.3) is 0 Å². The van der Waals surface area contributed by atoms with Gasteiger partial charge in [-0.1, -0.05) is 31.0 Å². The average Bonchev–Trinajstić information content (AvgIpc) is 3.45. The molecule has 7 heteroatoms. The summed E-state index contributed by atoms with van der Waals surface area (Å²) in [4.78, 5) is 10.1. The number of benzene rings is 1. The normalized spacial score (nSPS) is 23.4. The van der Waals surface area contributed by atoms with Crippen molar-refractivity contribution in [1.29, 1.82) is 0 Å². The number of nitrogens with zero attached hydrogens (tertiary/aromatic N) is 3. The number of para-hydroxylation sites is 1. The van der Waals surface area contributed by atoms with Crippen LogP contribution < -0.4 is 15.5 Å². The highest BCUT2D eigenvalue weighted by Crippen LogP contribution is 2.26. The summed E-state index contributed by atoms with van der Waals surface area (Å²) < 4.78 is 5.52. The van der Waals surface area contributed by atoms with Crippen LogP contribution in [-0.2, 0) is 11.3 Å². The first-order valence-electron chi connectivity index (χ1n) is 11.5. The minimum atomic E-state index is 0. The van der Waals surface area contributed by atoms with Gasteiger partial charge in [0.05, 0.1) is 19.8 Å². The van der Waals surface area contributed by atoms with E-state index in [0.717, 1.165) is 51.4 Å². The van der Waals surface area contributed by atoms with Gasteiger partial charge in [-0.25, -0.2) is 4.99 Å². The molecule has 2 heterocycles. The summed E-state index contributed by atoms with van der Waals surface area (Å²) in [6.45, 7) is 9.62. The van der Waals surface area contributed by atoms with Crippen molar-refractivity contribution < 1.29 is 4.74 Å². The van der Waals surface area contributed by atoms with Gasteiger partial charge < -0.3 is 20.3 Å². The van der Waals surface area contributed by atoms with Crippen LogP contribution in [0, 0.1) is 0 Å². The van der Waals surface area contributed by atoms with Gasteiger partial charge in [0.1, 0.15) is 0 Å². The Morgan fingerprint density at radius 3 is 2.63 bits per heavy atom. The first-order valence-corrected chi connectivity index (χ1v) is 11.5. The molecule has 1 saturated carbocycles. The van der Waals surface area contributed by atoms with Crippen molar-refractivity contribution >= 4 is 35.6 Å². The maximum absolute atomic E-state index is 5.52. The Hall–Kier alpha value is -1.06. The van der Waals surface area contributed by atoms with Gasteiger partial charge in [-0.05, 0) is 37.8 Å². The minimum Gasteiger partial charge on any atom is -0.378 e. The Morgan fingerprint density at radius 1 is 1.10 bits per heavy atom. The zero-order chi connectivity index (χ0) is 19.9. The molecule has 1 aliphatic carbocycles. The Labute approximate surface area is 198 Å². The maximum atomic E-state index is 5.52. The Kier molecular flexibility index (Phi) is 9.52. The van der Waals surface area contributed by atoms with Gasteiger partial charge in [0, 0.05) is 50.5 Å². The van der Waals surface area contributed by atoms with Crippen molar-refractivity contribution in [3.05, 3.63) is 29.8 Å². The van der Waals surface area contributed by atoms with Crippen molar-refractivity contribution in [1.82, 2.24) is 15.5 Å². The molecule has 30 heavy (non-hydrogen) atoms. The smallest absolute Gasteiger partial charge is 0.191 e. The summed E-state index contributed by atoms with van der Waals surface area (Å²) in [7, 11) is 0. The first kappa shape index (κ1) is 23.6. The van der Waals surface area contributed by atoms with Crippen molar-refractivity contribution in [2.45, 2.75) is 57.7 Å². The molecule has 1 aromatic rings. The molecule has 0 bridgehead atoms. The Morgan fingerprint density at radius 2 is 1.87 bits per heavy atom. The fourth-order valence-electron chi connectivity index (χ4n) is 4.94. The predicted molar refractivity (Wildman–Crippen MR) is 135 cm³/mol. The lowest BCUT2D eigenvalue weighted by Crippen LogP contribution is -2.45. The van der Waals surface area contributed by atoms with Crippen molar-refractivity contribution in [2.24, 2.45) is 4.99 Å². The third-order valence-electron chi connectivity index (χ3n) is 6.50. The SMILES string of the molecule is CCNC(=NCc1ccccc1N1CCOCC1)NC1CCN(C2CCCC2)C1.I. The number of guanidine groups is 1. The molecule has 2 saturated heterocycles. The summed E-state index contributed by atoms with van der Waals surface area (Å²) >= 11 is 0. The van der Waals surface area contributed by atoms with Gasteiger partial charge in [-0.3, -0.25) is 4.90 Å². The average molecular weight is 527 g/mol. The Bertz CT molecular complexity index is 673. The summed E-state index contributed by atoms with van der Waals surface area (Å²) in [5, 5.41) is 7.15. The van der Waals surface area contributed by atoms with Crippen LogP contribution in [0.25, 0.3) is 0 Å². The van der Waals surface area contributed by atoms with Gasteiger partial charge in [-0.15, -0.1) is 24.0 Å². The van der Waals surface area contributed by atoms with E-state index in [1.165, 1.54) is 49.9 Å². The molecule has 3 aliphatic rings. The van der Waals surface area contributed by atoms with E-state index in [4.69, 9.17) is 9.73 Å². The van der Waals surface area contributed by atoms with E-state index in [1.807, 2.05) is 0 Å². The monoisotopic (exact) mass is 527 g/mol. The molecule has 0 spiro atoms. The molecule has 3 fully saturated rings. The highest BCUT2D eigenvalue weighted by atomic mass is 127. The topological polar surface area (TPSA) is 52.1 Å².